The van der Waals surface area contributed by atoms with Gasteiger partial charge < -0.3 is 15.5 Å². The first-order valence-electron chi connectivity index (χ1n) is 10.0. The lowest BCUT2D eigenvalue weighted by molar-refractivity contribution is -0.137. The standard InChI is InChI=1S/C20H30F3N5.HI/c1-26(17-7-8-17)19(24)25-9-2-3-10-27-11-13-28(14-12-27)18-6-4-5-16(15-18)20(21,22)23;/h4-6,15,17H,2-3,7-14H2,1H3,(H2,24,25);1H. The van der Waals surface area contributed by atoms with Gasteiger partial charge >= 0.3 is 6.18 Å². The van der Waals surface area contributed by atoms with Crippen LogP contribution in [0.1, 0.15) is 31.2 Å². The van der Waals surface area contributed by atoms with E-state index in [1.54, 1.807) is 6.07 Å². The molecule has 5 nitrogen and oxygen atoms in total. The number of anilines is 1. The Hall–Kier alpha value is -1.23. The first kappa shape index (κ1) is 24.0. The summed E-state index contributed by atoms with van der Waals surface area (Å²) in [4.78, 5) is 10.9. The number of benzene rings is 1. The van der Waals surface area contributed by atoms with E-state index in [0.29, 0.717) is 17.7 Å². The molecule has 3 rings (SSSR count). The second-order valence-corrected chi connectivity index (χ2v) is 7.67. The molecule has 0 radical (unpaired) electrons. The summed E-state index contributed by atoms with van der Waals surface area (Å²) in [5, 5.41) is 0. The molecule has 0 spiro atoms. The number of hydrogen-bond donors (Lipinski definition) is 1. The molecule has 29 heavy (non-hydrogen) atoms. The van der Waals surface area contributed by atoms with E-state index in [0.717, 1.165) is 58.2 Å². The second-order valence-electron chi connectivity index (χ2n) is 7.67. The van der Waals surface area contributed by atoms with Crippen LogP contribution < -0.4 is 10.6 Å². The Morgan fingerprint density at radius 3 is 2.48 bits per heavy atom. The molecular weight excluding hydrogens is 494 g/mol. The molecule has 0 bridgehead atoms. The molecule has 1 aromatic rings. The molecule has 0 aromatic heterocycles. The fourth-order valence-electron chi connectivity index (χ4n) is 3.51. The van der Waals surface area contributed by atoms with Gasteiger partial charge in [-0.1, -0.05) is 6.07 Å². The van der Waals surface area contributed by atoms with Crippen molar-refractivity contribution in [2.24, 2.45) is 10.7 Å². The average molecular weight is 525 g/mol. The summed E-state index contributed by atoms with van der Waals surface area (Å²) in [7, 11) is 2.00. The number of alkyl halides is 3. The summed E-state index contributed by atoms with van der Waals surface area (Å²) < 4.78 is 38.7. The van der Waals surface area contributed by atoms with Crippen molar-refractivity contribution in [3.05, 3.63) is 29.8 Å². The van der Waals surface area contributed by atoms with Gasteiger partial charge in [-0.3, -0.25) is 9.89 Å². The summed E-state index contributed by atoms with van der Waals surface area (Å²) in [6.07, 6.45) is 0.163. The van der Waals surface area contributed by atoms with Crippen LogP contribution in [0.15, 0.2) is 29.3 Å². The van der Waals surface area contributed by atoms with E-state index >= 15 is 0 Å². The van der Waals surface area contributed by atoms with Crippen LogP contribution in [0.4, 0.5) is 18.9 Å². The van der Waals surface area contributed by atoms with Crippen molar-refractivity contribution in [1.29, 1.82) is 0 Å². The molecule has 2 aliphatic rings. The third kappa shape index (κ3) is 7.20. The third-order valence-electron chi connectivity index (χ3n) is 5.52. The fraction of sp³-hybridized carbons (Fsp3) is 0.650. The summed E-state index contributed by atoms with van der Waals surface area (Å²) in [6.45, 7) is 4.97. The number of unbranched alkanes of at least 4 members (excludes halogenated alkanes) is 1. The van der Waals surface area contributed by atoms with E-state index in [2.05, 4.69) is 14.8 Å². The predicted molar refractivity (Wildman–Crippen MR) is 122 cm³/mol. The Morgan fingerprint density at radius 1 is 1.17 bits per heavy atom. The van der Waals surface area contributed by atoms with Crippen LogP contribution in [0.3, 0.4) is 0 Å². The zero-order valence-corrected chi connectivity index (χ0v) is 19.2. The zero-order valence-electron chi connectivity index (χ0n) is 16.9. The Labute approximate surface area is 188 Å². The van der Waals surface area contributed by atoms with Crippen molar-refractivity contribution in [1.82, 2.24) is 9.80 Å². The molecule has 2 fully saturated rings. The Kier molecular flexibility index (Phi) is 8.87. The van der Waals surface area contributed by atoms with Crippen LogP contribution in [0, 0.1) is 0 Å². The number of rotatable bonds is 7. The topological polar surface area (TPSA) is 48.1 Å². The molecule has 2 N–H and O–H groups in total. The largest absolute Gasteiger partial charge is 0.416 e. The quantitative estimate of drug-likeness (QED) is 0.256. The van der Waals surface area contributed by atoms with E-state index in [1.165, 1.54) is 25.0 Å². The Bertz CT molecular complexity index is 670. The summed E-state index contributed by atoms with van der Waals surface area (Å²) in [5.74, 6) is 0.636. The minimum absolute atomic E-state index is 0. The number of guanidine groups is 1. The van der Waals surface area contributed by atoms with Crippen molar-refractivity contribution in [2.45, 2.75) is 37.9 Å². The van der Waals surface area contributed by atoms with Crippen molar-refractivity contribution in [3.8, 4) is 0 Å². The smallest absolute Gasteiger partial charge is 0.370 e. The zero-order chi connectivity index (χ0) is 20.1. The van der Waals surface area contributed by atoms with Crippen LogP contribution in [0.5, 0.6) is 0 Å². The van der Waals surface area contributed by atoms with Gasteiger partial charge in [-0.05, 0) is 50.4 Å². The van der Waals surface area contributed by atoms with E-state index in [1.807, 2.05) is 11.9 Å². The number of piperazine rings is 1. The minimum atomic E-state index is -4.29. The van der Waals surface area contributed by atoms with Gasteiger partial charge in [-0.15, -0.1) is 24.0 Å². The van der Waals surface area contributed by atoms with E-state index in [9.17, 15) is 13.2 Å². The van der Waals surface area contributed by atoms with Gasteiger partial charge in [-0.2, -0.15) is 13.2 Å². The maximum atomic E-state index is 12.9. The lowest BCUT2D eigenvalue weighted by Crippen LogP contribution is -2.46. The maximum Gasteiger partial charge on any atom is 0.416 e. The molecule has 1 aliphatic carbocycles. The first-order valence-corrected chi connectivity index (χ1v) is 10.0. The van der Waals surface area contributed by atoms with Crippen LogP contribution in [0.25, 0.3) is 0 Å². The molecule has 164 valence electrons. The van der Waals surface area contributed by atoms with Crippen LogP contribution in [-0.2, 0) is 6.18 Å². The number of aliphatic imine (C=N–C) groups is 1. The number of hydrogen-bond acceptors (Lipinski definition) is 3. The normalized spacial score (nSPS) is 18.5. The monoisotopic (exact) mass is 525 g/mol. The van der Waals surface area contributed by atoms with Gasteiger partial charge in [0.15, 0.2) is 5.96 Å². The SMILES string of the molecule is CN(C(N)=NCCCCN1CCN(c2cccc(C(F)(F)F)c2)CC1)C1CC1.I. The van der Waals surface area contributed by atoms with Crippen LogP contribution >= 0.6 is 24.0 Å². The number of halogens is 4. The highest BCUT2D eigenvalue weighted by Gasteiger charge is 2.31. The summed E-state index contributed by atoms with van der Waals surface area (Å²) in [5.41, 5.74) is 6.05. The molecule has 1 heterocycles. The van der Waals surface area contributed by atoms with E-state index in [-0.39, 0.29) is 24.0 Å². The molecule has 0 amide bonds. The minimum Gasteiger partial charge on any atom is -0.370 e. The highest BCUT2D eigenvalue weighted by atomic mass is 127. The molecular formula is C20H31F3IN5. The molecule has 1 aromatic carbocycles. The van der Waals surface area contributed by atoms with Crippen LogP contribution in [0.2, 0.25) is 0 Å². The van der Waals surface area contributed by atoms with Crippen molar-refractivity contribution < 1.29 is 13.2 Å². The molecule has 1 aliphatic heterocycles. The molecule has 0 unspecified atom stereocenters. The van der Waals surface area contributed by atoms with E-state index in [4.69, 9.17) is 5.73 Å². The third-order valence-corrected chi connectivity index (χ3v) is 5.52. The Morgan fingerprint density at radius 2 is 1.86 bits per heavy atom. The molecule has 0 atom stereocenters. The second kappa shape index (κ2) is 10.7. The fourth-order valence-corrected chi connectivity index (χ4v) is 3.51. The summed E-state index contributed by atoms with van der Waals surface area (Å²) in [6, 6.07) is 6.19. The summed E-state index contributed by atoms with van der Waals surface area (Å²) >= 11 is 0. The van der Waals surface area contributed by atoms with Crippen molar-refractivity contribution in [2.75, 3.05) is 51.2 Å². The Balaban J connectivity index is 0.00000300. The molecule has 1 saturated carbocycles. The number of nitrogens with two attached hydrogens (primary N) is 1. The van der Waals surface area contributed by atoms with Gasteiger partial charge in [0.1, 0.15) is 0 Å². The predicted octanol–water partition coefficient (Wildman–Crippen LogP) is 3.63. The molecule has 9 heteroatoms. The van der Waals surface area contributed by atoms with Crippen molar-refractivity contribution in [3.63, 3.8) is 0 Å². The highest BCUT2D eigenvalue weighted by Crippen LogP contribution is 2.31. The van der Waals surface area contributed by atoms with Gasteiger partial charge in [0.25, 0.3) is 0 Å². The first-order chi connectivity index (χ1) is 13.3. The highest BCUT2D eigenvalue weighted by molar-refractivity contribution is 14.0. The maximum absolute atomic E-state index is 12.9. The lowest BCUT2D eigenvalue weighted by Gasteiger charge is -2.36. The van der Waals surface area contributed by atoms with Gasteiger partial charge in [0, 0.05) is 51.5 Å². The van der Waals surface area contributed by atoms with E-state index < -0.39 is 11.7 Å². The van der Waals surface area contributed by atoms with Gasteiger partial charge in [0.2, 0.25) is 0 Å². The van der Waals surface area contributed by atoms with Crippen LogP contribution in [-0.4, -0.2) is 68.1 Å². The average Bonchev–Trinajstić information content (AvgIpc) is 3.52. The van der Waals surface area contributed by atoms with Crippen molar-refractivity contribution >= 4 is 35.6 Å². The number of nitrogens with zero attached hydrogens (tertiary/aromatic N) is 4. The van der Waals surface area contributed by atoms with Gasteiger partial charge in [-0.25, -0.2) is 0 Å². The van der Waals surface area contributed by atoms with Gasteiger partial charge in [0.05, 0.1) is 5.56 Å². The molecule has 1 saturated heterocycles. The lowest BCUT2D eigenvalue weighted by atomic mass is 10.1.